The van der Waals surface area contributed by atoms with E-state index in [-0.39, 0.29) is 24.2 Å². The fourth-order valence-corrected chi connectivity index (χ4v) is 3.58. The molecule has 2 fully saturated rings. The van der Waals surface area contributed by atoms with Crippen molar-refractivity contribution in [1.82, 2.24) is 14.8 Å². The van der Waals surface area contributed by atoms with Crippen LogP contribution in [0.15, 0.2) is 18.3 Å². The summed E-state index contributed by atoms with van der Waals surface area (Å²) in [6.45, 7) is -0.526. The van der Waals surface area contributed by atoms with Gasteiger partial charge in [-0.25, -0.2) is 18.6 Å². The highest BCUT2D eigenvalue weighted by molar-refractivity contribution is 6.05. The average molecular weight is 444 g/mol. The largest absolute Gasteiger partial charge is 0.477 e. The van der Waals surface area contributed by atoms with Crippen LogP contribution >= 0.6 is 0 Å². The van der Waals surface area contributed by atoms with E-state index in [0.29, 0.717) is 12.8 Å². The number of nitrogens with one attached hydrogen (secondary N) is 1. The third-order valence-electron chi connectivity index (χ3n) is 5.50. The first kappa shape index (κ1) is 21.2. The van der Waals surface area contributed by atoms with Crippen molar-refractivity contribution in [3.05, 3.63) is 41.0 Å². The fraction of sp³-hybridized carbons (Fsp3) is 0.474. The van der Waals surface area contributed by atoms with E-state index in [1.54, 1.807) is 0 Å². The Labute approximate surface area is 172 Å². The minimum atomic E-state index is -4.92. The molecular formula is C19H17F5N4O3. The van der Waals surface area contributed by atoms with Crippen LogP contribution in [-0.4, -0.2) is 37.7 Å². The average Bonchev–Trinajstić information content (AvgIpc) is 3.44. The minimum Gasteiger partial charge on any atom is -0.477 e. The molecule has 1 unspecified atom stereocenters. The topological polar surface area (TPSA) is 97.1 Å². The number of carbonyl (C=O) groups is 2. The van der Waals surface area contributed by atoms with E-state index in [0.717, 1.165) is 16.9 Å². The number of pyridine rings is 1. The molecule has 1 atom stereocenters. The minimum absolute atomic E-state index is 0.0970. The van der Waals surface area contributed by atoms with Crippen LogP contribution in [0.3, 0.4) is 0 Å². The summed E-state index contributed by atoms with van der Waals surface area (Å²) in [5, 5.41) is 15.1. The van der Waals surface area contributed by atoms with Gasteiger partial charge in [-0.2, -0.15) is 18.3 Å². The first-order chi connectivity index (χ1) is 14.5. The number of carboxylic acids is 1. The predicted octanol–water partition coefficient (Wildman–Crippen LogP) is 4.17. The van der Waals surface area contributed by atoms with Crippen LogP contribution < -0.4 is 5.32 Å². The zero-order valence-electron chi connectivity index (χ0n) is 15.9. The Hall–Kier alpha value is -3.05. The van der Waals surface area contributed by atoms with Gasteiger partial charge in [-0.1, -0.05) is 0 Å². The second kappa shape index (κ2) is 7.27. The van der Waals surface area contributed by atoms with Gasteiger partial charge >= 0.3 is 12.1 Å². The van der Waals surface area contributed by atoms with Crippen molar-refractivity contribution in [3.8, 4) is 0 Å². The molecule has 0 radical (unpaired) electrons. The normalized spacial score (nSPS) is 20.2. The Balaban J connectivity index is 1.74. The maximum Gasteiger partial charge on any atom is 0.420 e. The first-order valence-electron chi connectivity index (χ1n) is 9.54. The summed E-state index contributed by atoms with van der Waals surface area (Å²) in [5.74, 6) is -7.32. The number of aromatic nitrogens is 3. The highest BCUT2D eigenvalue weighted by Gasteiger charge is 2.50. The summed E-state index contributed by atoms with van der Waals surface area (Å²) in [7, 11) is 0. The molecule has 0 aliphatic heterocycles. The number of halogens is 5. The van der Waals surface area contributed by atoms with Crippen molar-refractivity contribution in [2.75, 3.05) is 5.32 Å². The summed E-state index contributed by atoms with van der Waals surface area (Å²) >= 11 is 0. The van der Waals surface area contributed by atoms with Crippen molar-refractivity contribution in [2.24, 2.45) is 5.92 Å². The summed E-state index contributed by atoms with van der Waals surface area (Å²) < 4.78 is 70.0. The molecule has 2 aliphatic rings. The summed E-state index contributed by atoms with van der Waals surface area (Å²) in [5.41, 5.74) is -2.93. The first-order valence-corrected chi connectivity index (χ1v) is 9.54. The number of alkyl halides is 5. The van der Waals surface area contributed by atoms with Gasteiger partial charge in [-0.15, -0.1) is 0 Å². The van der Waals surface area contributed by atoms with Crippen LogP contribution in [0.1, 0.15) is 63.8 Å². The van der Waals surface area contributed by atoms with Crippen LogP contribution in [0, 0.1) is 5.92 Å². The molecule has 2 saturated carbocycles. The Bertz CT molecular complexity index is 1050. The van der Waals surface area contributed by atoms with E-state index in [1.165, 1.54) is 6.07 Å². The SMILES string of the molecule is O=C(O)c1cc(NC(=O)c2c(C(F)(F)F)c(C3CC3)nn2CC2CCC2(F)F)ccn1. The second-order valence-electron chi connectivity index (χ2n) is 7.75. The molecule has 2 heterocycles. The molecule has 0 saturated heterocycles. The molecule has 166 valence electrons. The maximum atomic E-state index is 13.9. The molecule has 2 aliphatic carbocycles. The van der Waals surface area contributed by atoms with Gasteiger partial charge in [0.15, 0.2) is 0 Å². The standard InChI is InChI=1S/C19H17F5N4O3/c20-18(21)5-3-10(18)8-28-15(13(19(22,23)24)14(27-28)9-1-2-9)16(29)26-11-4-6-25-12(7-11)17(30)31/h4,6-7,9-10H,1-3,5,8H2,(H,30,31)(H,25,26,29). The Morgan fingerprint density at radius 1 is 1.26 bits per heavy atom. The second-order valence-corrected chi connectivity index (χ2v) is 7.75. The number of hydrogen-bond donors (Lipinski definition) is 2. The lowest BCUT2D eigenvalue weighted by Crippen LogP contribution is -2.42. The van der Waals surface area contributed by atoms with E-state index in [1.807, 2.05) is 0 Å². The summed E-state index contributed by atoms with van der Waals surface area (Å²) in [6.07, 6.45) is -3.17. The molecule has 0 spiro atoms. The quantitative estimate of drug-likeness (QED) is 0.652. The van der Waals surface area contributed by atoms with Crippen LogP contribution in [0.25, 0.3) is 0 Å². The van der Waals surface area contributed by atoms with E-state index < -0.39 is 59.3 Å². The lowest BCUT2D eigenvalue weighted by atomic mass is 9.81. The molecule has 0 bridgehead atoms. The lowest BCUT2D eigenvalue weighted by molar-refractivity contribution is -0.140. The van der Waals surface area contributed by atoms with E-state index in [9.17, 15) is 31.5 Å². The van der Waals surface area contributed by atoms with Crippen LogP contribution in [0.2, 0.25) is 0 Å². The van der Waals surface area contributed by atoms with Gasteiger partial charge in [0.2, 0.25) is 0 Å². The Morgan fingerprint density at radius 3 is 2.48 bits per heavy atom. The van der Waals surface area contributed by atoms with Gasteiger partial charge < -0.3 is 10.4 Å². The van der Waals surface area contributed by atoms with Gasteiger partial charge in [-0.3, -0.25) is 9.48 Å². The zero-order valence-corrected chi connectivity index (χ0v) is 15.9. The molecule has 2 aromatic rings. The number of rotatable bonds is 6. The van der Waals surface area contributed by atoms with Crippen molar-refractivity contribution < 1.29 is 36.6 Å². The molecule has 2 N–H and O–H groups in total. The molecule has 31 heavy (non-hydrogen) atoms. The number of carbonyl (C=O) groups excluding carboxylic acids is 1. The molecule has 7 nitrogen and oxygen atoms in total. The van der Waals surface area contributed by atoms with Gasteiger partial charge in [0.25, 0.3) is 11.8 Å². The van der Waals surface area contributed by atoms with Gasteiger partial charge in [0, 0.05) is 30.1 Å². The molecule has 2 aromatic heterocycles. The van der Waals surface area contributed by atoms with Gasteiger partial charge in [-0.05, 0) is 31.4 Å². The summed E-state index contributed by atoms with van der Waals surface area (Å²) in [4.78, 5) is 27.5. The van der Waals surface area contributed by atoms with Crippen LogP contribution in [0.4, 0.5) is 27.6 Å². The van der Waals surface area contributed by atoms with E-state index in [4.69, 9.17) is 5.11 Å². The number of nitrogens with zero attached hydrogens (tertiary/aromatic N) is 3. The third-order valence-corrected chi connectivity index (χ3v) is 5.50. The lowest BCUT2D eigenvalue weighted by Gasteiger charge is -2.36. The smallest absolute Gasteiger partial charge is 0.420 e. The van der Waals surface area contributed by atoms with Crippen LogP contribution in [0.5, 0.6) is 0 Å². The van der Waals surface area contributed by atoms with E-state index >= 15 is 0 Å². The Kier molecular flexibility index (Phi) is 4.97. The van der Waals surface area contributed by atoms with Crippen molar-refractivity contribution in [2.45, 2.75) is 50.2 Å². The molecule has 1 amide bonds. The van der Waals surface area contributed by atoms with Crippen LogP contribution in [-0.2, 0) is 12.7 Å². The molecule has 12 heteroatoms. The molecule has 0 aromatic carbocycles. The number of carboxylic acid groups (broad SMARTS) is 1. The monoisotopic (exact) mass is 444 g/mol. The number of anilines is 1. The highest BCUT2D eigenvalue weighted by atomic mass is 19.4. The third kappa shape index (κ3) is 4.10. The fourth-order valence-electron chi connectivity index (χ4n) is 3.58. The Morgan fingerprint density at radius 2 is 1.97 bits per heavy atom. The van der Waals surface area contributed by atoms with E-state index in [2.05, 4.69) is 15.4 Å². The number of aromatic carboxylic acids is 1. The molecular weight excluding hydrogens is 427 g/mol. The maximum absolute atomic E-state index is 13.9. The van der Waals surface area contributed by atoms with Gasteiger partial charge in [0.1, 0.15) is 17.0 Å². The van der Waals surface area contributed by atoms with Gasteiger partial charge in [0.05, 0.1) is 12.2 Å². The van der Waals surface area contributed by atoms with Crippen molar-refractivity contribution >= 4 is 17.6 Å². The van der Waals surface area contributed by atoms with Crippen molar-refractivity contribution in [3.63, 3.8) is 0 Å². The highest BCUT2D eigenvalue weighted by Crippen LogP contribution is 2.48. The number of amides is 1. The van der Waals surface area contributed by atoms with Crippen molar-refractivity contribution in [1.29, 1.82) is 0 Å². The predicted molar refractivity (Wildman–Crippen MR) is 96.0 cm³/mol. The number of hydrogen-bond acceptors (Lipinski definition) is 4. The molecule has 4 rings (SSSR count). The summed E-state index contributed by atoms with van der Waals surface area (Å²) in [6, 6.07) is 2.19. The zero-order chi connectivity index (χ0) is 22.6.